The second-order valence-electron chi connectivity index (χ2n) is 9.87. The van der Waals surface area contributed by atoms with Crippen LogP contribution in [0.5, 0.6) is 0 Å². The molecule has 0 heterocycles. The maximum absolute atomic E-state index is 3.89. The molecule has 4 atom stereocenters. The van der Waals surface area contributed by atoms with Crippen molar-refractivity contribution < 1.29 is 0 Å². The molecule has 1 aliphatic rings. The molecular weight excluding hydrogens is 302 g/mol. The fourth-order valence-electron chi connectivity index (χ4n) is 5.04. The molecule has 0 aromatic heterocycles. The van der Waals surface area contributed by atoms with Crippen molar-refractivity contribution in [2.24, 2.45) is 35.0 Å². The Balaban J connectivity index is 3.15. The number of unbranched alkanes of at least 4 members (excludes halogenated alkanes) is 1. The normalized spacial score (nSPS) is 24.0. The van der Waals surface area contributed by atoms with Gasteiger partial charge in [-0.3, -0.25) is 0 Å². The van der Waals surface area contributed by atoms with Gasteiger partial charge in [0.15, 0.2) is 0 Å². The molecule has 1 nitrogen and oxygen atoms in total. The van der Waals surface area contributed by atoms with Crippen LogP contribution in [0.15, 0.2) is 11.6 Å². The molecular formula is C24H47N. The van der Waals surface area contributed by atoms with Gasteiger partial charge in [0.1, 0.15) is 0 Å². The van der Waals surface area contributed by atoms with Crippen LogP contribution in [-0.4, -0.2) is 12.6 Å². The van der Waals surface area contributed by atoms with Crippen LogP contribution < -0.4 is 5.32 Å². The van der Waals surface area contributed by atoms with E-state index in [4.69, 9.17) is 0 Å². The van der Waals surface area contributed by atoms with Crippen LogP contribution in [0.25, 0.3) is 0 Å². The highest BCUT2D eigenvalue weighted by Crippen LogP contribution is 2.51. The van der Waals surface area contributed by atoms with Crippen LogP contribution in [0.4, 0.5) is 0 Å². The highest BCUT2D eigenvalue weighted by atomic mass is 14.9. The zero-order valence-electron chi connectivity index (χ0n) is 18.8. The Morgan fingerprint density at radius 1 is 1.12 bits per heavy atom. The maximum Gasteiger partial charge on any atom is 0.0138 e. The van der Waals surface area contributed by atoms with Crippen LogP contribution in [0, 0.1) is 35.0 Å². The van der Waals surface area contributed by atoms with Crippen molar-refractivity contribution in [2.45, 2.75) is 100 Å². The summed E-state index contributed by atoms with van der Waals surface area (Å²) in [5.41, 5.74) is 2.06. The standard InChI is InChI=1S/C24H47N/c1-10-12-13-20-14-15-21(24(8,9)19(7)18(5)6)23(20)22(25-11-2)16-17(3)4/h15,17-20,22-23,25H,10-14,16H2,1-9H3. The summed E-state index contributed by atoms with van der Waals surface area (Å²) in [6.07, 6.45) is 9.34. The molecule has 0 aromatic rings. The zero-order valence-corrected chi connectivity index (χ0v) is 18.8. The molecule has 4 unspecified atom stereocenters. The first-order valence-electron chi connectivity index (χ1n) is 11.1. The molecule has 0 saturated carbocycles. The number of rotatable bonds is 11. The number of hydrogen-bond donors (Lipinski definition) is 1. The summed E-state index contributed by atoms with van der Waals surface area (Å²) in [4.78, 5) is 0. The molecule has 1 N–H and O–H groups in total. The fraction of sp³-hybridized carbons (Fsp3) is 0.917. The van der Waals surface area contributed by atoms with Gasteiger partial charge >= 0.3 is 0 Å². The molecule has 1 rings (SSSR count). The van der Waals surface area contributed by atoms with E-state index in [9.17, 15) is 0 Å². The summed E-state index contributed by atoms with van der Waals surface area (Å²) < 4.78 is 0. The van der Waals surface area contributed by atoms with Crippen LogP contribution in [0.1, 0.15) is 94.4 Å². The predicted octanol–water partition coefficient (Wildman–Crippen LogP) is 7.08. The average molecular weight is 350 g/mol. The lowest BCUT2D eigenvalue weighted by atomic mass is 9.64. The van der Waals surface area contributed by atoms with Gasteiger partial charge in [-0.25, -0.2) is 0 Å². The second-order valence-corrected chi connectivity index (χ2v) is 9.87. The van der Waals surface area contributed by atoms with Crippen molar-refractivity contribution >= 4 is 0 Å². The Morgan fingerprint density at radius 2 is 1.76 bits per heavy atom. The molecule has 0 aliphatic heterocycles. The molecule has 0 radical (unpaired) electrons. The lowest BCUT2D eigenvalue weighted by molar-refractivity contribution is 0.169. The average Bonchev–Trinajstić information content (AvgIpc) is 2.95. The monoisotopic (exact) mass is 349 g/mol. The first kappa shape index (κ1) is 22.7. The summed E-state index contributed by atoms with van der Waals surface area (Å²) in [6, 6.07) is 0.638. The van der Waals surface area contributed by atoms with Crippen LogP contribution >= 0.6 is 0 Å². The molecule has 25 heavy (non-hydrogen) atoms. The van der Waals surface area contributed by atoms with E-state index in [0.717, 1.165) is 30.2 Å². The Morgan fingerprint density at radius 3 is 2.24 bits per heavy atom. The minimum absolute atomic E-state index is 0.296. The topological polar surface area (TPSA) is 12.0 Å². The molecule has 0 amide bonds. The van der Waals surface area contributed by atoms with Crippen LogP contribution in [-0.2, 0) is 0 Å². The highest BCUT2D eigenvalue weighted by molar-refractivity contribution is 5.25. The largest absolute Gasteiger partial charge is 0.314 e. The lowest BCUT2D eigenvalue weighted by Crippen LogP contribution is -2.43. The Bertz CT molecular complexity index is 404. The quantitative estimate of drug-likeness (QED) is 0.393. The van der Waals surface area contributed by atoms with Crippen molar-refractivity contribution in [2.75, 3.05) is 6.54 Å². The minimum Gasteiger partial charge on any atom is -0.314 e. The van der Waals surface area contributed by atoms with Crippen molar-refractivity contribution in [3.05, 3.63) is 11.6 Å². The first-order chi connectivity index (χ1) is 11.7. The van der Waals surface area contributed by atoms with Gasteiger partial charge in [-0.05, 0) is 60.8 Å². The molecule has 0 saturated heterocycles. The van der Waals surface area contributed by atoms with E-state index in [0.29, 0.717) is 17.4 Å². The second kappa shape index (κ2) is 10.1. The molecule has 1 heteroatoms. The summed E-state index contributed by atoms with van der Waals surface area (Å²) >= 11 is 0. The summed E-state index contributed by atoms with van der Waals surface area (Å²) in [5.74, 6) is 3.77. The predicted molar refractivity (Wildman–Crippen MR) is 114 cm³/mol. The number of allylic oxidation sites excluding steroid dienone is 1. The zero-order chi connectivity index (χ0) is 19.2. The molecule has 148 valence electrons. The van der Waals surface area contributed by atoms with Crippen LogP contribution in [0.2, 0.25) is 0 Å². The Labute approximate surface area is 159 Å². The van der Waals surface area contributed by atoms with E-state index < -0.39 is 0 Å². The van der Waals surface area contributed by atoms with E-state index >= 15 is 0 Å². The summed E-state index contributed by atoms with van der Waals surface area (Å²) in [7, 11) is 0. The SMILES string of the molecule is CCCCC1CC=C(C(C)(C)C(C)C(C)C)C1C(CC(C)C)NCC. The van der Waals surface area contributed by atoms with Gasteiger partial charge < -0.3 is 5.32 Å². The van der Waals surface area contributed by atoms with Crippen molar-refractivity contribution in [3.8, 4) is 0 Å². The minimum atomic E-state index is 0.296. The highest BCUT2D eigenvalue weighted by Gasteiger charge is 2.43. The fourth-order valence-corrected chi connectivity index (χ4v) is 5.04. The van der Waals surface area contributed by atoms with Gasteiger partial charge in [-0.1, -0.05) is 86.8 Å². The number of nitrogens with one attached hydrogen (secondary N) is 1. The van der Waals surface area contributed by atoms with Gasteiger partial charge in [0, 0.05) is 6.04 Å². The van der Waals surface area contributed by atoms with E-state index in [2.05, 4.69) is 73.7 Å². The third-order valence-electron chi connectivity index (χ3n) is 6.94. The molecule has 1 aliphatic carbocycles. The Kier molecular flexibility index (Phi) is 9.23. The molecule has 0 aromatic carbocycles. The molecule has 0 spiro atoms. The van der Waals surface area contributed by atoms with Gasteiger partial charge in [0.25, 0.3) is 0 Å². The van der Waals surface area contributed by atoms with E-state index in [-0.39, 0.29) is 0 Å². The van der Waals surface area contributed by atoms with E-state index in [1.807, 2.05) is 0 Å². The molecule has 0 bridgehead atoms. The summed E-state index contributed by atoms with van der Waals surface area (Å²) in [5, 5.41) is 3.89. The van der Waals surface area contributed by atoms with Gasteiger partial charge in [0.2, 0.25) is 0 Å². The number of hydrogen-bond acceptors (Lipinski definition) is 1. The molecule has 0 fully saturated rings. The third kappa shape index (κ3) is 5.84. The third-order valence-corrected chi connectivity index (χ3v) is 6.94. The smallest absolute Gasteiger partial charge is 0.0138 e. The van der Waals surface area contributed by atoms with E-state index in [1.165, 1.54) is 32.1 Å². The van der Waals surface area contributed by atoms with Crippen molar-refractivity contribution in [1.29, 1.82) is 0 Å². The lowest BCUT2D eigenvalue weighted by Gasteiger charge is -2.43. The van der Waals surface area contributed by atoms with Gasteiger partial charge in [0.05, 0.1) is 0 Å². The van der Waals surface area contributed by atoms with Crippen molar-refractivity contribution in [3.63, 3.8) is 0 Å². The summed E-state index contributed by atoms with van der Waals surface area (Å²) in [6.45, 7) is 22.7. The van der Waals surface area contributed by atoms with Gasteiger partial charge in [-0.2, -0.15) is 0 Å². The van der Waals surface area contributed by atoms with E-state index in [1.54, 1.807) is 5.57 Å². The van der Waals surface area contributed by atoms with Crippen molar-refractivity contribution in [1.82, 2.24) is 5.32 Å². The van der Waals surface area contributed by atoms with Crippen LogP contribution in [0.3, 0.4) is 0 Å². The van der Waals surface area contributed by atoms with Gasteiger partial charge in [-0.15, -0.1) is 0 Å². The maximum atomic E-state index is 3.89. The first-order valence-corrected chi connectivity index (χ1v) is 11.1. The Hall–Kier alpha value is -0.300.